The smallest absolute Gasteiger partial charge is 0.262 e. The van der Waals surface area contributed by atoms with Crippen molar-refractivity contribution in [2.45, 2.75) is 19.9 Å². The largest absolute Gasteiger partial charge is 0.299 e. The van der Waals surface area contributed by atoms with Crippen molar-refractivity contribution in [3.05, 3.63) is 65.7 Å². The Morgan fingerprint density at radius 2 is 1.52 bits per heavy atom. The molecule has 1 aromatic heterocycles. The van der Waals surface area contributed by atoms with Gasteiger partial charge in [0.15, 0.2) is 0 Å². The van der Waals surface area contributed by atoms with Crippen LogP contribution in [0.4, 0.5) is 5.13 Å². The quantitative estimate of drug-likeness (QED) is 0.655. The molecule has 0 radical (unpaired) electrons. The van der Waals surface area contributed by atoms with Gasteiger partial charge < -0.3 is 0 Å². The van der Waals surface area contributed by atoms with Gasteiger partial charge in [0.1, 0.15) is 11.0 Å². The summed E-state index contributed by atoms with van der Waals surface area (Å²) in [5, 5.41) is 11.8. The molecule has 3 aromatic rings. The number of aromatic nitrogens is 2. The fourth-order valence-electron chi connectivity index (χ4n) is 3.33. The minimum absolute atomic E-state index is 0.279. The zero-order chi connectivity index (χ0) is 20.5. The Kier molecular flexibility index (Phi) is 4.94. The summed E-state index contributed by atoms with van der Waals surface area (Å²) in [6.07, 6.45) is 0. The molecule has 0 spiro atoms. The Morgan fingerprint density at radius 3 is 2.10 bits per heavy atom. The van der Waals surface area contributed by atoms with Crippen LogP contribution in [-0.2, 0) is 4.79 Å². The van der Waals surface area contributed by atoms with Gasteiger partial charge in [0.2, 0.25) is 11.0 Å². The van der Waals surface area contributed by atoms with Crippen LogP contribution in [0.5, 0.6) is 0 Å². The molecule has 1 unspecified atom stereocenters. The summed E-state index contributed by atoms with van der Waals surface area (Å²) >= 11 is 1.23. The summed E-state index contributed by atoms with van der Waals surface area (Å²) in [7, 11) is 0. The van der Waals surface area contributed by atoms with E-state index in [1.807, 2.05) is 30.3 Å². The van der Waals surface area contributed by atoms with Crippen LogP contribution in [0.3, 0.4) is 0 Å². The van der Waals surface area contributed by atoms with Crippen molar-refractivity contribution in [3.63, 3.8) is 0 Å². The fourth-order valence-corrected chi connectivity index (χ4v) is 4.08. The molecule has 0 fully saturated rings. The van der Waals surface area contributed by atoms with Crippen molar-refractivity contribution in [1.29, 1.82) is 0 Å². The van der Waals surface area contributed by atoms with Crippen LogP contribution in [0.1, 0.15) is 34.6 Å². The van der Waals surface area contributed by atoms with E-state index in [2.05, 4.69) is 15.5 Å². The summed E-state index contributed by atoms with van der Waals surface area (Å²) in [5.41, 5.74) is 1.53. The number of nitrogens with zero attached hydrogens (tertiary/aromatic N) is 3. The maximum absolute atomic E-state index is 13.0. The number of hydrogen-bond acceptors (Lipinski definition) is 6. The second-order valence-electron chi connectivity index (χ2n) is 6.98. The van der Waals surface area contributed by atoms with Crippen LogP contribution in [0.15, 0.2) is 54.6 Å². The highest BCUT2D eigenvalue weighted by Gasteiger charge is 2.44. The van der Waals surface area contributed by atoms with E-state index < -0.39 is 23.8 Å². The van der Waals surface area contributed by atoms with Gasteiger partial charge in [-0.3, -0.25) is 24.6 Å². The highest BCUT2D eigenvalue weighted by Crippen LogP contribution is 2.29. The molecule has 1 atom stereocenters. The minimum Gasteiger partial charge on any atom is -0.299 e. The first kappa shape index (κ1) is 18.9. The molecule has 1 aliphatic heterocycles. The lowest BCUT2D eigenvalue weighted by Gasteiger charge is -2.27. The summed E-state index contributed by atoms with van der Waals surface area (Å²) in [4.78, 5) is 39.7. The molecule has 0 saturated carbocycles. The zero-order valence-electron chi connectivity index (χ0n) is 15.8. The van der Waals surface area contributed by atoms with Gasteiger partial charge >= 0.3 is 0 Å². The number of imide groups is 1. The summed E-state index contributed by atoms with van der Waals surface area (Å²) < 4.78 is 0. The SMILES string of the molecule is CC(C)C(C(=O)Nc1nnc(-c2ccccc2)s1)N1C(=O)c2ccccc2C1=O. The molecule has 7 nitrogen and oxygen atoms in total. The third kappa shape index (κ3) is 3.42. The molecule has 1 aliphatic rings. The second-order valence-corrected chi connectivity index (χ2v) is 7.96. The molecule has 1 N–H and O–H groups in total. The Morgan fingerprint density at radius 1 is 0.931 bits per heavy atom. The van der Waals surface area contributed by atoms with Crippen LogP contribution in [0.2, 0.25) is 0 Å². The Balaban J connectivity index is 1.58. The molecule has 3 amide bonds. The van der Waals surface area contributed by atoms with Gasteiger partial charge in [-0.25, -0.2) is 0 Å². The van der Waals surface area contributed by atoms with Crippen LogP contribution < -0.4 is 5.32 Å². The van der Waals surface area contributed by atoms with E-state index in [4.69, 9.17) is 0 Å². The maximum atomic E-state index is 13.0. The van der Waals surface area contributed by atoms with Crippen molar-refractivity contribution in [2.24, 2.45) is 5.92 Å². The lowest BCUT2D eigenvalue weighted by atomic mass is 10.0. The lowest BCUT2D eigenvalue weighted by molar-refractivity contribution is -0.121. The highest BCUT2D eigenvalue weighted by atomic mass is 32.1. The van der Waals surface area contributed by atoms with Crippen LogP contribution in [0, 0.1) is 5.92 Å². The van der Waals surface area contributed by atoms with E-state index in [1.165, 1.54) is 11.3 Å². The molecule has 4 rings (SSSR count). The summed E-state index contributed by atoms with van der Waals surface area (Å²) in [6, 6.07) is 15.1. The molecule has 146 valence electrons. The van der Waals surface area contributed by atoms with Crippen LogP contribution in [-0.4, -0.2) is 38.9 Å². The average molecular weight is 406 g/mol. The summed E-state index contributed by atoms with van der Waals surface area (Å²) in [6.45, 7) is 3.59. The van der Waals surface area contributed by atoms with Crippen molar-refractivity contribution in [2.75, 3.05) is 5.32 Å². The maximum Gasteiger partial charge on any atom is 0.262 e. The zero-order valence-corrected chi connectivity index (χ0v) is 16.6. The number of fused-ring (bicyclic) bond motifs is 1. The normalized spacial score (nSPS) is 14.2. The fraction of sp³-hybridized carbons (Fsp3) is 0.190. The third-order valence-electron chi connectivity index (χ3n) is 4.68. The van der Waals surface area contributed by atoms with Gasteiger partial charge in [-0.15, -0.1) is 10.2 Å². The third-order valence-corrected chi connectivity index (χ3v) is 5.57. The number of anilines is 1. The van der Waals surface area contributed by atoms with Gasteiger partial charge in [0, 0.05) is 5.56 Å². The van der Waals surface area contributed by atoms with Gasteiger partial charge in [-0.2, -0.15) is 0 Å². The van der Waals surface area contributed by atoms with Gasteiger partial charge in [-0.05, 0) is 18.1 Å². The Bertz CT molecular complexity index is 1060. The molecular weight excluding hydrogens is 388 g/mol. The number of rotatable bonds is 5. The molecule has 8 heteroatoms. The topological polar surface area (TPSA) is 92.3 Å². The Hall–Kier alpha value is -3.39. The van der Waals surface area contributed by atoms with Gasteiger partial charge in [0.05, 0.1) is 11.1 Å². The second kappa shape index (κ2) is 7.56. The lowest BCUT2D eigenvalue weighted by Crippen LogP contribution is -2.50. The monoisotopic (exact) mass is 406 g/mol. The Labute approximate surface area is 171 Å². The number of carbonyl (C=O) groups is 3. The molecule has 0 saturated heterocycles. The number of hydrogen-bond donors (Lipinski definition) is 1. The first-order chi connectivity index (χ1) is 14.0. The number of amides is 3. The number of nitrogens with one attached hydrogen (secondary N) is 1. The van der Waals surface area contributed by atoms with Crippen molar-refractivity contribution < 1.29 is 14.4 Å². The number of carbonyl (C=O) groups excluding carboxylic acids is 3. The van der Waals surface area contributed by atoms with E-state index in [9.17, 15) is 14.4 Å². The van der Waals surface area contributed by atoms with E-state index in [1.54, 1.807) is 38.1 Å². The predicted molar refractivity (Wildman–Crippen MR) is 110 cm³/mol. The first-order valence-electron chi connectivity index (χ1n) is 9.14. The van der Waals surface area contributed by atoms with Gasteiger partial charge in [-0.1, -0.05) is 67.6 Å². The molecule has 2 aromatic carbocycles. The molecule has 2 heterocycles. The van der Waals surface area contributed by atoms with Crippen molar-refractivity contribution in [3.8, 4) is 10.6 Å². The minimum atomic E-state index is -0.952. The standard InChI is InChI=1S/C21H18N4O3S/c1-12(2)16(25-19(27)14-10-6-7-11-15(14)20(25)28)17(26)22-21-24-23-18(29-21)13-8-4-3-5-9-13/h3-12,16H,1-2H3,(H,22,24,26). The number of benzene rings is 2. The molecular formula is C21H18N4O3S. The average Bonchev–Trinajstić information content (AvgIpc) is 3.28. The van der Waals surface area contributed by atoms with E-state index >= 15 is 0 Å². The summed E-state index contributed by atoms with van der Waals surface area (Å²) in [5.74, 6) is -1.66. The predicted octanol–water partition coefficient (Wildman–Crippen LogP) is 3.46. The van der Waals surface area contributed by atoms with Crippen molar-refractivity contribution in [1.82, 2.24) is 15.1 Å². The molecule has 0 bridgehead atoms. The van der Waals surface area contributed by atoms with Crippen molar-refractivity contribution >= 4 is 34.2 Å². The molecule has 0 aliphatic carbocycles. The van der Waals surface area contributed by atoms with E-state index in [0.717, 1.165) is 10.5 Å². The van der Waals surface area contributed by atoms with Crippen LogP contribution >= 0.6 is 11.3 Å². The first-order valence-corrected chi connectivity index (χ1v) is 9.95. The highest BCUT2D eigenvalue weighted by molar-refractivity contribution is 7.18. The molecule has 29 heavy (non-hydrogen) atoms. The van der Waals surface area contributed by atoms with Crippen LogP contribution in [0.25, 0.3) is 10.6 Å². The van der Waals surface area contributed by atoms with E-state index in [-0.39, 0.29) is 5.92 Å². The van der Waals surface area contributed by atoms with Gasteiger partial charge in [0.25, 0.3) is 11.8 Å². The van der Waals surface area contributed by atoms with E-state index in [0.29, 0.717) is 21.3 Å².